The number of methoxy groups -OCH3 is 2. The zero-order valence-electron chi connectivity index (χ0n) is 16.2. The van der Waals surface area contributed by atoms with Crippen molar-refractivity contribution >= 4 is 11.9 Å². The van der Waals surface area contributed by atoms with Crippen molar-refractivity contribution < 1.29 is 19.0 Å². The van der Waals surface area contributed by atoms with Crippen LogP contribution < -0.4 is 14.8 Å². The summed E-state index contributed by atoms with van der Waals surface area (Å²) < 4.78 is 16.0. The molecule has 0 radical (unpaired) electrons. The number of rotatable bonds is 6. The van der Waals surface area contributed by atoms with Gasteiger partial charge >= 0.3 is 5.97 Å². The number of esters is 1. The van der Waals surface area contributed by atoms with Gasteiger partial charge in [0.2, 0.25) is 0 Å². The first kappa shape index (κ1) is 19.9. The van der Waals surface area contributed by atoms with E-state index < -0.39 is 0 Å². The fourth-order valence-corrected chi connectivity index (χ4v) is 3.11. The smallest absolute Gasteiger partial charge is 0.310 e. The number of hydrogen-bond acceptors (Lipinski definition) is 5. The molecule has 2 rings (SSSR count). The van der Waals surface area contributed by atoms with Gasteiger partial charge in [-0.3, -0.25) is 9.79 Å². The molecule has 26 heavy (non-hydrogen) atoms. The van der Waals surface area contributed by atoms with Crippen LogP contribution in [0.1, 0.15) is 13.8 Å². The third kappa shape index (κ3) is 5.03. The van der Waals surface area contributed by atoms with E-state index in [0.717, 1.165) is 24.0 Å². The summed E-state index contributed by atoms with van der Waals surface area (Å²) >= 11 is 0. The van der Waals surface area contributed by atoms with Crippen molar-refractivity contribution in [2.75, 3.05) is 40.9 Å². The summed E-state index contributed by atoms with van der Waals surface area (Å²) in [6.45, 7) is 6.02. The normalized spacial score (nSPS) is 21.3. The predicted octanol–water partition coefficient (Wildman–Crippen LogP) is 1.78. The number of aliphatic imine (C=N–C) groups is 1. The van der Waals surface area contributed by atoms with Gasteiger partial charge in [0, 0.05) is 26.2 Å². The van der Waals surface area contributed by atoms with Gasteiger partial charge in [0.1, 0.15) is 17.6 Å². The Kier molecular flexibility index (Phi) is 7.12. The van der Waals surface area contributed by atoms with Crippen LogP contribution in [-0.2, 0) is 9.53 Å². The summed E-state index contributed by atoms with van der Waals surface area (Å²) in [5.74, 6) is 2.23. The van der Waals surface area contributed by atoms with Gasteiger partial charge in [-0.25, -0.2) is 0 Å². The van der Waals surface area contributed by atoms with Crippen LogP contribution in [0, 0.1) is 11.8 Å². The van der Waals surface area contributed by atoms with E-state index in [4.69, 9.17) is 14.2 Å². The van der Waals surface area contributed by atoms with Crippen LogP contribution in [0.3, 0.4) is 0 Å². The quantitative estimate of drug-likeness (QED) is 0.472. The molecule has 0 saturated carbocycles. The summed E-state index contributed by atoms with van der Waals surface area (Å²) in [5, 5.41) is 3.33. The number of nitrogens with zero attached hydrogens (tertiary/aromatic N) is 2. The van der Waals surface area contributed by atoms with Crippen LogP contribution >= 0.6 is 0 Å². The molecule has 3 unspecified atom stereocenters. The van der Waals surface area contributed by atoms with Crippen molar-refractivity contribution in [3.8, 4) is 11.5 Å². The molecule has 1 fully saturated rings. The fourth-order valence-electron chi connectivity index (χ4n) is 3.11. The van der Waals surface area contributed by atoms with E-state index in [1.807, 2.05) is 31.2 Å². The van der Waals surface area contributed by atoms with Crippen molar-refractivity contribution in [3.05, 3.63) is 24.3 Å². The predicted molar refractivity (Wildman–Crippen MR) is 101 cm³/mol. The number of likely N-dealkylation sites (tertiary alicyclic amines) is 1. The van der Waals surface area contributed by atoms with Gasteiger partial charge in [-0.1, -0.05) is 13.0 Å². The van der Waals surface area contributed by atoms with Crippen molar-refractivity contribution in [3.63, 3.8) is 0 Å². The Bertz CT molecular complexity index is 635. The Morgan fingerprint density at radius 1 is 1.35 bits per heavy atom. The maximum absolute atomic E-state index is 11.9. The number of carbonyl (C=O) groups is 1. The molecule has 0 aromatic heterocycles. The molecular weight excluding hydrogens is 334 g/mol. The second-order valence-corrected chi connectivity index (χ2v) is 6.55. The lowest BCUT2D eigenvalue weighted by Gasteiger charge is -2.23. The molecule has 1 saturated heterocycles. The van der Waals surface area contributed by atoms with Crippen molar-refractivity contribution in [2.45, 2.75) is 20.0 Å². The maximum atomic E-state index is 11.9. The van der Waals surface area contributed by atoms with Crippen LogP contribution in [0.2, 0.25) is 0 Å². The highest BCUT2D eigenvalue weighted by molar-refractivity contribution is 5.82. The van der Waals surface area contributed by atoms with Gasteiger partial charge in [-0.15, -0.1) is 0 Å². The van der Waals surface area contributed by atoms with E-state index in [1.165, 1.54) is 7.11 Å². The van der Waals surface area contributed by atoms with E-state index in [9.17, 15) is 4.79 Å². The highest BCUT2D eigenvalue weighted by Gasteiger charge is 2.36. The van der Waals surface area contributed by atoms with Crippen molar-refractivity contribution in [1.29, 1.82) is 0 Å². The molecule has 0 amide bonds. The first-order valence-corrected chi connectivity index (χ1v) is 8.82. The van der Waals surface area contributed by atoms with Gasteiger partial charge < -0.3 is 24.4 Å². The first-order valence-electron chi connectivity index (χ1n) is 8.82. The van der Waals surface area contributed by atoms with E-state index in [-0.39, 0.29) is 23.9 Å². The summed E-state index contributed by atoms with van der Waals surface area (Å²) in [6.07, 6.45) is -0.0599. The summed E-state index contributed by atoms with van der Waals surface area (Å²) in [4.78, 5) is 18.3. The van der Waals surface area contributed by atoms with Gasteiger partial charge in [0.25, 0.3) is 0 Å². The monoisotopic (exact) mass is 363 g/mol. The van der Waals surface area contributed by atoms with Gasteiger partial charge in [-0.2, -0.15) is 0 Å². The van der Waals surface area contributed by atoms with E-state index >= 15 is 0 Å². The molecule has 3 atom stereocenters. The van der Waals surface area contributed by atoms with Gasteiger partial charge in [0.15, 0.2) is 5.96 Å². The summed E-state index contributed by atoms with van der Waals surface area (Å²) in [6, 6.07) is 7.53. The molecule has 7 heteroatoms. The number of carbonyl (C=O) groups excluding carboxylic acids is 1. The molecule has 144 valence electrons. The van der Waals surface area contributed by atoms with Crippen LogP contribution in [0.25, 0.3) is 0 Å². The highest BCUT2D eigenvalue weighted by Crippen LogP contribution is 2.24. The Morgan fingerprint density at radius 2 is 2.08 bits per heavy atom. The third-order valence-corrected chi connectivity index (χ3v) is 4.55. The van der Waals surface area contributed by atoms with Gasteiger partial charge in [-0.05, 0) is 25.0 Å². The van der Waals surface area contributed by atoms with Gasteiger partial charge in [0.05, 0.1) is 26.7 Å². The second-order valence-electron chi connectivity index (χ2n) is 6.55. The largest absolute Gasteiger partial charge is 0.497 e. The Morgan fingerprint density at radius 3 is 2.73 bits per heavy atom. The Labute approximate surface area is 155 Å². The van der Waals surface area contributed by atoms with Crippen LogP contribution in [0.15, 0.2) is 29.3 Å². The molecule has 1 aromatic carbocycles. The van der Waals surface area contributed by atoms with Crippen LogP contribution in [-0.4, -0.2) is 63.8 Å². The Balaban J connectivity index is 1.87. The zero-order valence-corrected chi connectivity index (χ0v) is 16.2. The average Bonchev–Trinajstić information content (AvgIpc) is 3.03. The zero-order chi connectivity index (χ0) is 19.1. The fraction of sp³-hybridized carbons (Fsp3) is 0.579. The summed E-state index contributed by atoms with van der Waals surface area (Å²) in [7, 11) is 4.81. The lowest BCUT2D eigenvalue weighted by Crippen LogP contribution is -2.44. The molecule has 1 heterocycles. The maximum Gasteiger partial charge on any atom is 0.310 e. The van der Waals surface area contributed by atoms with E-state index in [2.05, 4.69) is 22.1 Å². The third-order valence-electron chi connectivity index (χ3n) is 4.55. The first-order chi connectivity index (χ1) is 12.5. The molecule has 0 spiro atoms. The van der Waals surface area contributed by atoms with Crippen molar-refractivity contribution in [2.24, 2.45) is 16.8 Å². The SMILES string of the molecule is CN=C(NCC(C)Oc1cccc(OC)c1)N1CC(C)C(C(=O)OC)C1. The number of hydrogen-bond donors (Lipinski definition) is 1. The molecular formula is C19H29N3O4. The molecule has 1 aromatic rings. The number of benzene rings is 1. The standard InChI is InChI=1S/C19H29N3O4/c1-13-11-22(12-17(13)18(23)25-5)19(20-3)21-10-14(2)26-16-8-6-7-15(9-16)24-4/h6-9,13-14,17H,10-12H2,1-5H3,(H,20,21). The van der Waals surface area contributed by atoms with Crippen molar-refractivity contribution in [1.82, 2.24) is 10.2 Å². The number of ether oxygens (including phenoxy) is 3. The number of nitrogens with one attached hydrogen (secondary N) is 1. The Hall–Kier alpha value is -2.44. The number of guanidine groups is 1. The molecule has 0 aliphatic carbocycles. The molecule has 1 aliphatic heterocycles. The molecule has 7 nitrogen and oxygen atoms in total. The van der Waals surface area contributed by atoms with Crippen LogP contribution in [0.4, 0.5) is 0 Å². The topological polar surface area (TPSA) is 72.4 Å². The lowest BCUT2D eigenvalue weighted by molar-refractivity contribution is -0.145. The average molecular weight is 363 g/mol. The second kappa shape index (κ2) is 9.31. The molecule has 1 aliphatic rings. The lowest BCUT2D eigenvalue weighted by atomic mass is 9.99. The van der Waals surface area contributed by atoms with Crippen LogP contribution in [0.5, 0.6) is 11.5 Å². The van der Waals surface area contributed by atoms with E-state index in [1.54, 1.807) is 14.2 Å². The molecule has 1 N–H and O–H groups in total. The van der Waals surface area contributed by atoms with E-state index in [0.29, 0.717) is 13.1 Å². The minimum Gasteiger partial charge on any atom is -0.497 e. The minimum atomic E-state index is -0.162. The summed E-state index contributed by atoms with van der Waals surface area (Å²) in [5.41, 5.74) is 0. The highest BCUT2D eigenvalue weighted by atomic mass is 16.5. The molecule has 0 bridgehead atoms. The minimum absolute atomic E-state index is 0.0599.